The number of aliphatic hydroxyl groups is 1. The number of ether oxygens (including phenoxy) is 1. The van der Waals surface area contributed by atoms with Crippen molar-refractivity contribution in [3.8, 4) is 11.4 Å². The van der Waals surface area contributed by atoms with E-state index in [1.165, 1.54) is 24.1 Å². The third-order valence-electron chi connectivity index (χ3n) is 6.75. The first kappa shape index (κ1) is 24.0. The monoisotopic (exact) mass is 492 g/mol. The lowest BCUT2D eigenvalue weighted by Crippen LogP contribution is -2.34. The van der Waals surface area contributed by atoms with Crippen molar-refractivity contribution in [1.82, 2.24) is 24.2 Å². The molecular weight excluding hydrogens is 463 g/mol. The minimum absolute atomic E-state index is 0.0597. The molecule has 0 fully saturated rings. The number of rotatable bonds is 5. The van der Waals surface area contributed by atoms with Gasteiger partial charge in [0.2, 0.25) is 0 Å². The highest BCUT2D eigenvalue weighted by Gasteiger charge is 2.28. The second kappa shape index (κ2) is 9.36. The molecule has 9 nitrogen and oxygen atoms in total. The van der Waals surface area contributed by atoms with Crippen molar-refractivity contribution < 1.29 is 14.2 Å². The van der Waals surface area contributed by atoms with Gasteiger partial charge in [-0.2, -0.15) is 5.10 Å². The molecule has 188 valence electrons. The molecule has 0 atom stereocenters. The second-order valence-electron chi connectivity index (χ2n) is 9.25. The van der Waals surface area contributed by atoms with E-state index in [2.05, 4.69) is 28.8 Å². The van der Waals surface area contributed by atoms with E-state index in [1.54, 1.807) is 36.3 Å². The van der Waals surface area contributed by atoms with Gasteiger partial charge in [-0.05, 0) is 43.7 Å². The zero-order valence-electron chi connectivity index (χ0n) is 20.8. The van der Waals surface area contributed by atoms with Crippen LogP contribution in [0.5, 0.6) is 5.75 Å². The van der Waals surface area contributed by atoms with Crippen molar-refractivity contribution in [2.75, 3.05) is 25.1 Å². The summed E-state index contributed by atoms with van der Waals surface area (Å²) in [4.78, 5) is 22.5. The maximum absolute atomic E-state index is 15.6. The van der Waals surface area contributed by atoms with Crippen LogP contribution in [-0.2, 0) is 20.2 Å². The van der Waals surface area contributed by atoms with Crippen LogP contribution in [0.3, 0.4) is 0 Å². The fraction of sp³-hybridized carbons (Fsp3) is 0.346. The number of benzene rings is 2. The van der Waals surface area contributed by atoms with Crippen molar-refractivity contribution in [1.29, 1.82) is 0 Å². The molecule has 2 aromatic heterocycles. The van der Waals surface area contributed by atoms with Gasteiger partial charge in [0, 0.05) is 50.2 Å². The molecule has 0 radical (unpaired) electrons. The van der Waals surface area contributed by atoms with Crippen LogP contribution in [0.1, 0.15) is 25.0 Å². The molecule has 4 aromatic rings. The Morgan fingerprint density at radius 3 is 2.67 bits per heavy atom. The van der Waals surface area contributed by atoms with Crippen molar-refractivity contribution >= 4 is 22.3 Å². The minimum Gasteiger partial charge on any atom is -0.494 e. The fourth-order valence-corrected chi connectivity index (χ4v) is 4.79. The number of halogens is 1. The summed E-state index contributed by atoms with van der Waals surface area (Å²) in [6.45, 7) is 5.59. The van der Waals surface area contributed by atoms with Gasteiger partial charge in [-0.25, -0.2) is 9.37 Å². The summed E-state index contributed by atoms with van der Waals surface area (Å²) in [6.07, 6.45) is 4.88. The van der Waals surface area contributed by atoms with Crippen LogP contribution in [-0.4, -0.2) is 55.6 Å². The number of fused-ring (bicyclic) bond motifs is 3. The number of nitrogens with zero attached hydrogens (tertiary/aromatic N) is 6. The maximum atomic E-state index is 15.6. The summed E-state index contributed by atoms with van der Waals surface area (Å²) >= 11 is 0. The number of hydrogen-bond acceptors (Lipinski definition) is 7. The van der Waals surface area contributed by atoms with E-state index in [4.69, 9.17) is 4.74 Å². The maximum Gasteiger partial charge on any atom is 0.266 e. The van der Waals surface area contributed by atoms with E-state index in [0.29, 0.717) is 47.5 Å². The van der Waals surface area contributed by atoms with Crippen molar-refractivity contribution in [3.63, 3.8) is 0 Å². The van der Waals surface area contributed by atoms with Gasteiger partial charge >= 0.3 is 0 Å². The molecule has 3 heterocycles. The molecule has 1 aliphatic rings. The van der Waals surface area contributed by atoms with Crippen LogP contribution in [0, 0.1) is 5.82 Å². The Morgan fingerprint density at radius 2 is 2.00 bits per heavy atom. The predicted octanol–water partition coefficient (Wildman–Crippen LogP) is 3.12. The average molecular weight is 493 g/mol. The SMILES string of the molecule is COc1cc(CO)cc(N2CCN(C(C)C)Cc3c2ccc2ncn(-c4cnn(C)c4)c(=O)c32)c1F. The van der Waals surface area contributed by atoms with Gasteiger partial charge < -0.3 is 14.7 Å². The van der Waals surface area contributed by atoms with Gasteiger partial charge in [-0.3, -0.25) is 18.9 Å². The van der Waals surface area contributed by atoms with Crippen molar-refractivity contribution in [2.45, 2.75) is 33.0 Å². The zero-order chi connectivity index (χ0) is 25.6. The topological polar surface area (TPSA) is 88.7 Å². The molecule has 5 rings (SSSR count). The number of anilines is 2. The Kier molecular flexibility index (Phi) is 6.23. The molecule has 1 aliphatic heterocycles. The Labute approximate surface area is 208 Å². The molecule has 0 bridgehead atoms. The number of hydrogen-bond donors (Lipinski definition) is 1. The highest BCUT2D eigenvalue weighted by molar-refractivity contribution is 5.89. The molecule has 0 unspecified atom stereocenters. The molecule has 0 aliphatic carbocycles. The Bertz CT molecular complexity index is 1500. The summed E-state index contributed by atoms with van der Waals surface area (Å²) in [7, 11) is 3.19. The van der Waals surface area contributed by atoms with Crippen LogP contribution in [0.15, 0.2) is 47.8 Å². The van der Waals surface area contributed by atoms with Crippen LogP contribution >= 0.6 is 0 Å². The minimum atomic E-state index is -0.516. The van der Waals surface area contributed by atoms with Gasteiger partial charge in [-0.15, -0.1) is 0 Å². The molecule has 0 amide bonds. The van der Waals surface area contributed by atoms with E-state index >= 15 is 4.39 Å². The number of methoxy groups -OCH3 is 1. The summed E-state index contributed by atoms with van der Waals surface area (Å²) in [5, 5.41) is 14.5. The fourth-order valence-electron chi connectivity index (χ4n) is 4.79. The van der Waals surface area contributed by atoms with Gasteiger partial charge in [0.05, 0.1) is 42.2 Å². The van der Waals surface area contributed by atoms with E-state index in [0.717, 1.165) is 11.3 Å². The first-order valence-electron chi connectivity index (χ1n) is 11.8. The van der Waals surface area contributed by atoms with Crippen LogP contribution in [0.4, 0.5) is 15.8 Å². The third-order valence-corrected chi connectivity index (χ3v) is 6.75. The van der Waals surface area contributed by atoms with Crippen molar-refractivity contribution in [2.24, 2.45) is 7.05 Å². The van der Waals surface area contributed by atoms with Crippen LogP contribution < -0.4 is 15.2 Å². The Hall–Kier alpha value is -3.76. The smallest absolute Gasteiger partial charge is 0.266 e. The largest absolute Gasteiger partial charge is 0.494 e. The van der Waals surface area contributed by atoms with Crippen LogP contribution in [0.25, 0.3) is 16.6 Å². The Morgan fingerprint density at radius 1 is 1.19 bits per heavy atom. The zero-order valence-corrected chi connectivity index (χ0v) is 20.8. The van der Waals surface area contributed by atoms with E-state index < -0.39 is 5.82 Å². The molecule has 2 aromatic carbocycles. The summed E-state index contributed by atoms with van der Waals surface area (Å²) in [6, 6.07) is 7.02. The quantitative estimate of drug-likeness (QED) is 0.458. The molecule has 0 saturated heterocycles. The lowest BCUT2D eigenvalue weighted by molar-refractivity contribution is 0.224. The van der Waals surface area contributed by atoms with E-state index in [1.807, 2.05) is 11.0 Å². The highest BCUT2D eigenvalue weighted by Crippen LogP contribution is 2.39. The third kappa shape index (κ3) is 4.02. The second-order valence-corrected chi connectivity index (χ2v) is 9.25. The molecule has 0 spiro atoms. The molecule has 10 heteroatoms. The molecule has 0 saturated carbocycles. The molecular formula is C26H29FN6O3. The average Bonchev–Trinajstić information content (AvgIpc) is 3.20. The number of aromatic nitrogens is 4. The summed E-state index contributed by atoms with van der Waals surface area (Å²) in [5.74, 6) is -0.456. The highest BCUT2D eigenvalue weighted by atomic mass is 19.1. The predicted molar refractivity (Wildman–Crippen MR) is 136 cm³/mol. The van der Waals surface area contributed by atoms with E-state index in [-0.39, 0.29) is 24.0 Å². The lowest BCUT2D eigenvalue weighted by Gasteiger charge is -2.27. The summed E-state index contributed by atoms with van der Waals surface area (Å²) < 4.78 is 24.0. The molecule has 36 heavy (non-hydrogen) atoms. The standard InChI is InChI=1S/C26H29FN6O3/c1-16(2)31-7-8-32(22-9-17(14-34)10-23(36-4)25(22)27)21-6-5-20-24(19(21)13-31)26(35)33(15-28-20)18-11-29-30(3)12-18/h5-6,9-12,15-16,34H,7-8,13-14H2,1-4H3. The van der Waals surface area contributed by atoms with Gasteiger partial charge in [0.15, 0.2) is 11.6 Å². The van der Waals surface area contributed by atoms with Gasteiger partial charge in [0.25, 0.3) is 5.56 Å². The number of aryl methyl sites for hydroxylation is 1. The summed E-state index contributed by atoms with van der Waals surface area (Å²) in [5.41, 5.74) is 3.32. The van der Waals surface area contributed by atoms with Gasteiger partial charge in [0.1, 0.15) is 6.33 Å². The van der Waals surface area contributed by atoms with Crippen LogP contribution in [0.2, 0.25) is 0 Å². The van der Waals surface area contributed by atoms with E-state index in [9.17, 15) is 9.90 Å². The first-order valence-corrected chi connectivity index (χ1v) is 11.8. The normalized spacial score (nSPS) is 14.4. The molecule has 1 N–H and O–H groups in total. The Balaban J connectivity index is 1.78. The number of aliphatic hydroxyl groups excluding tert-OH is 1. The lowest BCUT2D eigenvalue weighted by atomic mass is 10.0. The van der Waals surface area contributed by atoms with Crippen molar-refractivity contribution in [3.05, 3.63) is 70.3 Å². The van der Waals surface area contributed by atoms with Gasteiger partial charge in [-0.1, -0.05) is 0 Å². The first-order chi connectivity index (χ1) is 17.3.